The third-order valence-corrected chi connectivity index (χ3v) is 3.38. The highest BCUT2D eigenvalue weighted by atomic mass is 32.2. The van der Waals surface area contributed by atoms with Gasteiger partial charge in [0.1, 0.15) is 0 Å². The molecule has 1 nitrogen and oxygen atoms in total. The summed E-state index contributed by atoms with van der Waals surface area (Å²) in [4.78, 5) is 0. The molecule has 2 heteroatoms. The molecule has 0 N–H and O–H groups in total. The smallest absolute Gasteiger partial charge is 0.0421 e. The number of aromatic nitrogens is 1. The van der Waals surface area contributed by atoms with Gasteiger partial charge in [0, 0.05) is 24.2 Å². The maximum atomic E-state index is 2.34. The summed E-state index contributed by atoms with van der Waals surface area (Å²) in [6, 6.07) is 4.99. The molecular formula is C9H13NS. The molecule has 1 aliphatic heterocycles. The molecule has 0 saturated carbocycles. The third kappa shape index (κ3) is 1.62. The average Bonchev–Trinajstić information content (AvgIpc) is 2.58. The second-order valence-corrected chi connectivity index (χ2v) is 4.15. The predicted octanol–water partition coefficient (Wildman–Crippen LogP) is 2.56. The Morgan fingerprint density at radius 3 is 2.73 bits per heavy atom. The molecule has 1 aromatic rings. The van der Waals surface area contributed by atoms with Gasteiger partial charge < -0.3 is 4.57 Å². The minimum absolute atomic E-state index is 0.767. The second kappa shape index (κ2) is 3.35. The molecule has 0 radical (unpaired) electrons. The average molecular weight is 167 g/mol. The van der Waals surface area contributed by atoms with Crippen LogP contribution in [0.4, 0.5) is 0 Å². The Bertz CT molecular complexity index is 199. The van der Waals surface area contributed by atoms with Crippen molar-refractivity contribution >= 4 is 11.8 Å². The SMILES string of the molecule is c1ccn(C2CCCSC2)c1. The number of nitrogens with zero attached hydrogens (tertiary/aromatic N) is 1. The zero-order chi connectivity index (χ0) is 7.52. The normalized spacial score (nSPS) is 25.3. The first kappa shape index (κ1) is 7.29. The first-order chi connectivity index (χ1) is 5.47. The van der Waals surface area contributed by atoms with Gasteiger partial charge in [-0.05, 0) is 30.7 Å². The third-order valence-electron chi connectivity index (χ3n) is 2.19. The molecule has 1 aliphatic rings. The lowest BCUT2D eigenvalue weighted by Gasteiger charge is -2.22. The number of thioether (sulfide) groups is 1. The molecular weight excluding hydrogens is 154 g/mol. The van der Waals surface area contributed by atoms with Gasteiger partial charge in [-0.2, -0.15) is 11.8 Å². The topological polar surface area (TPSA) is 4.93 Å². The fourth-order valence-corrected chi connectivity index (χ4v) is 2.70. The predicted molar refractivity (Wildman–Crippen MR) is 50.0 cm³/mol. The summed E-state index contributed by atoms with van der Waals surface area (Å²) < 4.78 is 2.34. The van der Waals surface area contributed by atoms with Crippen LogP contribution in [0.1, 0.15) is 18.9 Å². The van der Waals surface area contributed by atoms with E-state index < -0.39 is 0 Å². The van der Waals surface area contributed by atoms with Crippen LogP contribution in [0.2, 0.25) is 0 Å². The van der Waals surface area contributed by atoms with E-state index in [1.165, 1.54) is 24.3 Å². The van der Waals surface area contributed by atoms with Gasteiger partial charge >= 0.3 is 0 Å². The number of rotatable bonds is 1. The fraction of sp³-hybridized carbons (Fsp3) is 0.556. The van der Waals surface area contributed by atoms with Crippen molar-refractivity contribution in [2.45, 2.75) is 18.9 Å². The first-order valence-corrected chi connectivity index (χ1v) is 5.32. The molecule has 60 valence electrons. The summed E-state index contributed by atoms with van der Waals surface area (Å²) in [5.41, 5.74) is 0. The van der Waals surface area contributed by atoms with Gasteiger partial charge in [-0.25, -0.2) is 0 Å². The summed E-state index contributed by atoms with van der Waals surface area (Å²) in [5.74, 6) is 2.66. The van der Waals surface area contributed by atoms with Gasteiger partial charge in [0.05, 0.1) is 0 Å². The van der Waals surface area contributed by atoms with Crippen LogP contribution in [0.15, 0.2) is 24.5 Å². The van der Waals surface area contributed by atoms with Crippen LogP contribution in [0.5, 0.6) is 0 Å². The van der Waals surface area contributed by atoms with Gasteiger partial charge in [0.2, 0.25) is 0 Å². The maximum Gasteiger partial charge on any atom is 0.0421 e. The van der Waals surface area contributed by atoms with Crippen molar-refractivity contribution in [3.05, 3.63) is 24.5 Å². The molecule has 2 rings (SSSR count). The number of hydrogen-bond acceptors (Lipinski definition) is 1. The summed E-state index contributed by atoms with van der Waals surface area (Å²) >= 11 is 2.08. The van der Waals surface area contributed by atoms with Crippen LogP contribution in [0.25, 0.3) is 0 Å². The van der Waals surface area contributed by atoms with Crippen molar-refractivity contribution in [2.75, 3.05) is 11.5 Å². The van der Waals surface area contributed by atoms with E-state index in [2.05, 4.69) is 40.9 Å². The summed E-state index contributed by atoms with van der Waals surface area (Å²) in [5, 5.41) is 0. The summed E-state index contributed by atoms with van der Waals surface area (Å²) in [6.45, 7) is 0. The van der Waals surface area contributed by atoms with Gasteiger partial charge in [0.15, 0.2) is 0 Å². The summed E-state index contributed by atoms with van der Waals surface area (Å²) in [6.07, 6.45) is 7.10. The lowest BCUT2D eigenvalue weighted by Crippen LogP contribution is -2.14. The Balaban J connectivity index is 2.04. The zero-order valence-corrected chi connectivity index (χ0v) is 7.39. The Kier molecular flexibility index (Phi) is 2.22. The van der Waals surface area contributed by atoms with Crippen LogP contribution in [-0.2, 0) is 0 Å². The van der Waals surface area contributed by atoms with E-state index in [9.17, 15) is 0 Å². The molecule has 1 atom stereocenters. The Labute approximate surface area is 71.8 Å². The molecule has 1 unspecified atom stereocenters. The highest BCUT2D eigenvalue weighted by molar-refractivity contribution is 7.99. The van der Waals surface area contributed by atoms with E-state index in [-0.39, 0.29) is 0 Å². The lowest BCUT2D eigenvalue weighted by atomic mass is 10.2. The minimum atomic E-state index is 0.767. The molecule has 0 aliphatic carbocycles. The van der Waals surface area contributed by atoms with Gasteiger partial charge in [-0.1, -0.05) is 0 Å². The van der Waals surface area contributed by atoms with Crippen LogP contribution >= 0.6 is 11.8 Å². The highest BCUT2D eigenvalue weighted by Gasteiger charge is 2.13. The largest absolute Gasteiger partial charge is 0.350 e. The van der Waals surface area contributed by atoms with Crippen molar-refractivity contribution in [2.24, 2.45) is 0 Å². The molecule has 1 aromatic heterocycles. The molecule has 1 saturated heterocycles. The quantitative estimate of drug-likeness (QED) is 0.622. The van der Waals surface area contributed by atoms with Crippen molar-refractivity contribution in [1.82, 2.24) is 4.57 Å². The van der Waals surface area contributed by atoms with Crippen LogP contribution in [-0.4, -0.2) is 16.1 Å². The second-order valence-electron chi connectivity index (χ2n) is 3.00. The van der Waals surface area contributed by atoms with E-state index in [0.717, 1.165) is 6.04 Å². The Hall–Kier alpha value is -0.370. The minimum Gasteiger partial charge on any atom is -0.350 e. The van der Waals surface area contributed by atoms with Crippen LogP contribution < -0.4 is 0 Å². The molecule has 1 fully saturated rings. The highest BCUT2D eigenvalue weighted by Crippen LogP contribution is 2.26. The van der Waals surface area contributed by atoms with Crippen molar-refractivity contribution < 1.29 is 0 Å². The lowest BCUT2D eigenvalue weighted by molar-refractivity contribution is 0.502. The molecule has 0 spiro atoms. The molecule has 11 heavy (non-hydrogen) atoms. The molecule has 0 bridgehead atoms. The standard InChI is InChI=1S/C9H13NS/c1-2-6-10(5-1)9-4-3-7-11-8-9/h1-2,5-6,9H,3-4,7-8H2. The van der Waals surface area contributed by atoms with Crippen molar-refractivity contribution in [1.29, 1.82) is 0 Å². The monoisotopic (exact) mass is 167 g/mol. The van der Waals surface area contributed by atoms with E-state index >= 15 is 0 Å². The number of hydrogen-bond donors (Lipinski definition) is 0. The van der Waals surface area contributed by atoms with E-state index in [4.69, 9.17) is 0 Å². The van der Waals surface area contributed by atoms with Crippen LogP contribution in [0, 0.1) is 0 Å². The van der Waals surface area contributed by atoms with Gasteiger partial charge in [-0.15, -0.1) is 0 Å². The first-order valence-electron chi connectivity index (χ1n) is 4.17. The Morgan fingerprint density at radius 2 is 2.09 bits per heavy atom. The maximum absolute atomic E-state index is 2.34. The molecule has 0 amide bonds. The van der Waals surface area contributed by atoms with E-state index in [1.807, 2.05) is 0 Å². The fourth-order valence-electron chi connectivity index (χ4n) is 1.55. The van der Waals surface area contributed by atoms with Gasteiger partial charge in [-0.3, -0.25) is 0 Å². The van der Waals surface area contributed by atoms with Gasteiger partial charge in [0.25, 0.3) is 0 Å². The van der Waals surface area contributed by atoms with Crippen molar-refractivity contribution in [3.8, 4) is 0 Å². The summed E-state index contributed by atoms with van der Waals surface area (Å²) in [7, 11) is 0. The van der Waals surface area contributed by atoms with E-state index in [1.54, 1.807) is 0 Å². The Morgan fingerprint density at radius 1 is 1.27 bits per heavy atom. The molecule has 0 aromatic carbocycles. The van der Waals surface area contributed by atoms with E-state index in [0.29, 0.717) is 0 Å². The van der Waals surface area contributed by atoms with Crippen molar-refractivity contribution in [3.63, 3.8) is 0 Å². The van der Waals surface area contributed by atoms with Crippen LogP contribution in [0.3, 0.4) is 0 Å². The zero-order valence-electron chi connectivity index (χ0n) is 6.57. The molecule has 2 heterocycles.